The summed E-state index contributed by atoms with van der Waals surface area (Å²) in [5.74, 6) is 0. The molecule has 0 aromatic heterocycles. The van der Waals surface area contributed by atoms with E-state index >= 15 is 0 Å². The molecule has 0 aliphatic heterocycles. The normalized spacial score (nSPS) is 22.9. The molecule has 4 heteroatoms. The molecule has 0 bridgehead atoms. The summed E-state index contributed by atoms with van der Waals surface area (Å²) in [5, 5.41) is 19.5. The van der Waals surface area contributed by atoms with E-state index in [1.54, 1.807) is 6.92 Å². The third kappa shape index (κ3) is 2.15. The van der Waals surface area contributed by atoms with Gasteiger partial charge in [0.2, 0.25) is 0 Å². The Balaban J connectivity index is 2.69. The molecule has 15 heavy (non-hydrogen) atoms. The fourth-order valence-corrected chi connectivity index (χ4v) is 2.08. The van der Waals surface area contributed by atoms with Crippen LogP contribution in [0, 0.1) is 16.7 Å². The van der Waals surface area contributed by atoms with E-state index in [1.807, 2.05) is 0 Å². The standard InChI is InChI=1S/C11H19NO3/c1-10(13,7-9(14-2)15-3)11(8-12)5-4-6-11/h9,13H,4-7H2,1-3H3. The van der Waals surface area contributed by atoms with Crippen LogP contribution in [0.2, 0.25) is 0 Å². The van der Waals surface area contributed by atoms with E-state index in [9.17, 15) is 5.11 Å². The van der Waals surface area contributed by atoms with Gasteiger partial charge in [-0.05, 0) is 19.8 Å². The first-order valence-corrected chi connectivity index (χ1v) is 5.20. The highest BCUT2D eigenvalue weighted by atomic mass is 16.7. The zero-order chi connectivity index (χ0) is 11.5. The van der Waals surface area contributed by atoms with Crippen molar-refractivity contribution in [2.75, 3.05) is 14.2 Å². The van der Waals surface area contributed by atoms with E-state index in [-0.39, 0.29) is 0 Å². The highest BCUT2D eigenvalue weighted by Gasteiger charge is 2.52. The Bertz CT molecular complexity index is 249. The Labute approximate surface area is 90.8 Å². The SMILES string of the molecule is COC(CC(C)(O)C1(C#N)CCC1)OC. The molecule has 1 N–H and O–H groups in total. The Morgan fingerprint density at radius 3 is 2.27 bits per heavy atom. The number of methoxy groups -OCH3 is 2. The summed E-state index contributed by atoms with van der Waals surface area (Å²) in [5.41, 5.74) is -1.65. The Hall–Kier alpha value is -0.630. The van der Waals surface area contributed by atoms with Gasteiger partial charge in [0.25, 0.3) is 0 Å². The van der Waals surface area contributed by atoms with Crippen LogP contribution in [0.4, 0.5) is 0 Å². The van der Waals surface area contributed by atoms with Crippen LogP contribution in [0.3, 0.4) is 0 Å². The number of rotatable bonds is 5. The highest BCUT2D eigenvalue weighted by molar-refractivity contribution is 5.14. The topological polar surface area (TPSA) is 62.5 Å². The molecule has 0 amide bonds. The van der Waals surface area contributed by atoms with Crippen LogP contribution in [0.25, 0.3) is 0 Å². The van der Waals surface area contributed by atoms with Gasteiger partial charge in [0.1, 0.15) is 0 Å². The molecule has 1 aliphatic carbocycles. The van der Waals surface area contributed by atoms with Crippen molar-refractivity contribution in [3.05, 3.63) is 0 Å². The first kappa shape index (κ1) is 12.4. The van der Waals surface area contributed by atoms with Crippen molar-refractivity contribution >= 4 is 0 Å². The minimum Gasteiger partial charge on any atom is -0.388 e. The van der Waals surface area contributed by atoms with Crippen LogP contribution in [0.15, 0.2) is 0 Å². The molecule has 1 aliphatic rings. The predicted octanol–water partition coefficient (Wildman–Crippen LogP) is 1.44. The summed E-state index contributed by atoms with van der Waals surface area (Å²) in [6, 6.07) is 2.25. The lowest BCUT2D eigenvalue weighted by atomic mass is 9.59. The van der Waals surface area contributed by atoms with E-state index < -0.39 is 17.3 Å². The summed E-state index contributed by atoms with van der Waals surface area (Å²) >= 11 is 0. The molecule has 0 saturated heterocycles. The summed E-state index contributed by atoms with van der Waals surface area (Å²) < 4.78 is 10.1. The molecule has 1 atom stereocenters. The van der Waals surface area contributed by atoms with Gasteiger partial charge >= 0.3 is 0 Å². The molecular formula is C11H19NO3. The molecule has 1 saturated carbocycles. The van der Waals surface area contributed by atoms with Gasteiger partial charge in [-0.15, -0.1) is 0 Å². The minimum absolute atomic E-state index is 0.327. The van der Waals surface area contributed by atoms with Crippen molar-refractivity contribution in [3.63, 3.8) is 0 Å². The molecule has 0 aromatic carbocycles. The molecular weight excluding hydrogens is 194 g/mol. The van der Waals surface area contributed by atoms with Gasteiger partial charge in [0.15, 0.2) is 6.29 Å². The smallest absolute Gasteiger partial charge is 0.159 e. The second-order valence-electron chi connectivity index (χ2n) is 4.43. The zero-order valence-electron chi connectivity index (χ0n) is 9.62. The number of hydrogen-bond acceptors (Lipinski definition) is 4. The molecule has 0 spiro atoms. The van der Waals surface area contributed by atoms with Gasteiger partial charge in [0.05, 0.1) is 17.1 Å². The van der Waals surface area contributed by atoms with Gasteiger partial charge in [-0.3, -0.25) is 0 Å². The van der Waals surface area contributed by atoms with Crippen molar-refractivity contribution in [2.45, 2.75) is 44.5 Å². The average Bonchev–Trinajstić information content (AvgIpc) is 2.12. The maximum atomic E-state index is 10.3. The lowest BCUT2D eigenvalue weighted by Crippen LogP contribution is -2.51. The van der Waals surface area contributed by atoms with Crippen LogP contribution in [-0.2, 0) is 9.47 Å². The first-order chi connectivity index (χ1) is 7.01. The maximum absolute atomic E-state index is 10.3. The van der Waals surface area contributed by atoms with Gasteiger partial charge in [-0.2, -0.15) is 5.26 Å². The molecule has 4 nitrogen and oxygen atoms in total. The van der Waals surface area contributed by atoms with Crippen LogP contribution in [0.1, 0.15) is 32.6 Å². The van der Waals surface area contributed by atoms with E-state index in [1.165, 1.54) is 14.2 Å². The summed E-state index contributed by atoms with van der Waals surface area (Å²) in [7, 11) is 3.06. The van der Waals surface area contributed by atoms with E-state index in [0.717, 1.165) is 19.3 Å². The first-order valence-electron chi connectivity index (χ1n) is 5.20. The molecule has 86 valence electrons. The average molecular weight is 213 g/mol. The van der Waals surface area contributed by atoms with Crippen molar-refractivity contribution in [3.8, 4) is 6.07 Å². The lowest BCUT2D eigenvalue weighted by Gasteiger charge is -2.47. The second-order valence-corrected chi connectivity index (χ2v) is 4.43. The Morgan fingerprint density at radius 2 is 2.00 bits per heavy atom. The van der Waals surface area contributed by atoms with E-state index in [2.05, 4.69) is 6.07 Å². The van der Waals surface area contributed by atoms with Gasteiger partial charge in [-0.25, -0.2) is 0 Å². The van der Waals surface area contributed by atoms with Crippen LogP contribution >= 0.6 is 0 Å². The van der Waals surface area contributed by atoms with Gasteiger partial charge in [0, 0.05) is 20.6 Å². The second kappa shape index (κ2) is 4.48. The lowest BCUT2D eigenvalue weighted by molar-refractivity contribution is -0.173. The number of nitrogens with zero attached hydrogens (tertiary/aromatic N) is 1. The van der Waals surface area contributed by atoms with Crippen molar-refractivity contribution in [1.82, 2.24) is 0 Å². The van der Waals surface area contributed by atoms with Crippen LogP contribution < -0.4 is 0 Å². The molecule has 1 unspecified atom stereocenters. The quantitative estimate of drug-likeness (QED) is 0.702. The number of ether oxygens (including phenoxy) is 2. The fourth-order valence-electron chi connectivity index (χ4n) is 2.08. The third-order valence-corrected chi connectivity index (χ3v) is 3.54. The zero-order valence-corrected chi connectivity index (χ0v) is 9.62. The number of aliphatic hydroxyl groups is 1. The third-order valence-electron chi connectivity index (χ3n) is 3.54. The van der Waals surface area contributed by atoms with Crippen molar-refractivity contribution < 1.29 is 14.6 Å². The number of nitriles is 1. The number of hydrogen-bond donors (Lipinski definition) is 1. The van der Waals surface area contributed by atoms with Crippen molar-refractivity contribution in [1.29, 1.82) is 5.26 Å². The monoisotopic (exact) mass is 213 g/mol. The van der Waals surface area contributed by atoms with Gasteiger partial charge < -0.3 is 14.6 Å². The molecule has 1 fully saturated rings. The van der Waals surface area contributed by atoms with E-state index in [4.69, 9.17) is 14.7 Å². The highest BCUT2D eigenvalue weighted by Crippen LogP contribution is 2.50. The van der Waals surface area contributed by atoms with Crippen LogP contribution in [0.5, 0.6) is 0 Å². The molecule has 0 heterocycles. The fraction of sp³-hybridized carbons (Fsp3) is 0.909. The van der Waals surface area contributed by atoms with Gasteiger partial charge in [-0.1, -0.05) is 6.42 Å². The molecule has 1 rings (SSSR count). The predicted molar refractivity (Wildman–Crippen MR) is 54.9 cm³/mol. The maximum Gasteiger partial charge on any atom is 0.159 e. The van der Waals surface area contributed by atoms with Crippen LogP contribution in [-0.4, -0.2) is 31.2 Å². The van der Waals surface area contributed by atoms with E-state index in [0.29, 0.717) is 6.42 Å². The summed E-state index contributed by atoms with van der Waals surface area (Å²) in [6.07, 6.45) is 2.40. The largest absolute Gasteiger partial charge is 0.388 e. The Morgan fingerprint density at radius 1 is 1.47 bits per heavy atom. The summed E-state index contributed by atoms with van der Waals surface area (Å²) in [4.78, 5) is 0. The molecule has 0 aromatic rings. The minimum atomic E-state index is -1.04. The van der Waals surface area contributed by atoms with Crippen molar-refractivity contribution in [2.24, 2.45) is 5.41 Å². The summed E-state index contributed by atoms with van der Waals surface area (Å²) in [6.45, 7) is 1.69. The Kier molecular flexibility index (Phi) is 3.72. The molecule has 0 radical (unpaired) electrons.